The normalized spacial score (nSPS) is 15.8. The maximum absolute atomic E-state index is 9.57. The summed E-state index contributed by atoms with van der Waals surface area (Å²) in [5.74, 6) is -0.963. The third-order valence-corrected chi connectivity index (χ3v) is 2.13. The Morgan fingerprint density at radius 3 is 2.44 bits per heavy atom. The van der Waals surface area contributed by atoms with Crippen LogP contribution in [0.2, 0.25) is 0 Å². The molecule has 1 heterocycles. The van der Waals surface area contributed by atoms with Crippen molar-refractivity contribution in [2.75, 3.05) is 20.3 Å². The van der Waals surface area contributed by atoms with E-state index in [0.717, 1.165) is 6.67 Å². The molecule has 94 valence electrons. The van der Waals surface area contributed by atoms with Gasteiger partial charge in [-0.15, -0.1) is 0 Å². The second-order valence-corrected chi connectivity index (χ2v) is 3.99. The van der Waals surface area contributed by atoms with Gasteiger partial charge in [-0.3, -0.25) is 4.79 Å². The molecule has 0 aromatic carbocycles. The van der Waals surface area contributed by atoms with Crippen molar-refractivity contribution in [2.24, 2.45) is 5.73 Å². The number of nitrogens with two attached hydrogens (primary N) is 1. The number of carboxylic acids is 1. The Kier molecular flexibility index (Phi) is 7.37. The first-order chi connectivity index (χ1) is 7.47. The highest BCUT2D eigenvalue weighted by Crippen LogP contribution is 2.04. The van der Waals surface area contributed by atoms with Crippen LogP contribution in [0, 0.1) is 0 Å². The molecule has 1 rings (SSSR count). The van der Waals surface area contributed by atoms with E-state index >= 15 is 0 Å². The molecule has 16 heavy (non-hydrogen) atoms. The summed E-state index contributed by atoms with van der Waals surface area (Å²) in [5, 5.41) is 7.87. The van der Waals surface area contributed by atoms with Crippen molar-refractivity contribution in [1.29, 1.82) is 0 Å². The molecule has 0 aliphatic carbocycles. The number of carbonyl (C=O) groups is 1. The molecule has 3 N–H and O–H groups in total. The largest absolute Gasteiger partial charge is 0.480 e. The summed E-state index contributed by atoms with van der Waals surface area (Å²) in [6.07, 6.45) is 6.87. The minimum atomic E-state index is -0.963. The molecular weight excluding hydrogens is 206 g/mol. The molecule has 1 unspecified atom stereocenters. The van der Waals surface area contributed by atoms with Crippen molar-refractivity contribution in [3.8, 4) is 0 Å². The molecule has 0 bridgehead atoms. The van der Waals surface area contributed by atoms with E-state index in [1.165, 1.54) is 26.3 Å². The van der Waals surface area contributed by atoms with Crippen LogP contribution in [-0.2, 0) is 4.79 Å². The molecule has 5 nitrogen and oxygen atoms in total. The smallest absolute Gasteiger partial charge is 0.320 e. The standard InChI is InChI=1S/C8H16N2.C3H7NO2/c1-3-4-5-10-7-6-9(2)8-10;1-2(4)3(5)6/h6-7H,3-5,8H2,1-2H3;2H,4H2,1H3,(H,5,6). The summed E-state index contributed by atoms with van der Waals surface area (Å²) in [7, 11) is 2.10. The highest BCUT2D eigenvalue weighted by atomic mass is 16.4. The van der Waals surface area contributed by atoms with Crippen molar-refractivity contribution in [2.45, 2.75) is 32.7 Å². The zero-order chi connectivity index (χ0) is 12.6. The maximum Gasteiger partial charge on any atom is 0.320 e. The van der Waals surface area contributed by atoms with E-state index in [4.69, 9.17) is 10.8 Å². The topological polar surface area (TPSA) is 69.8 Å². The fourth-order valence-electron chi connectivity index (χ4n) is 1.10. The van der Waals surface area contributed by atoms with Crippen LogP contribution in [0.3, 0.4) is 0 Å². The molecular formula is C11H23N3O2. The highest BCUT2D eigenvalue weighted by Gasteiger charge is 2.05. The molecule has 0 amide bonds. The minimum Gasteiger partial charge on any atom is -0.480 e. The quantitative estimate of drug-likeness (QED) is 0.749. The lowest BCUT2D eigenvalue weighted by Gasteiger charge is -2.17. The summed E-state index contributed by atoms with van der Waals surface area (Å²) in [4.78, 5) is 14.1. The second kappa shape index (κ2) is 7.98. The van der Waals surface area contributed by atoms with E-state index < -0.39 is 12.0 Å². The van der Waals surface area contributed by atoms with Crippen LogP contribution in [0.25, 0.3) is 0 Å². The Hall–Kier alpha value is -1.23. The van der Waals surface area contributed by atoms with Gasteiger partial charge in [0.1, 0.15) is 6.04 Å². The van der Waals surface area contributed by atoms with Crippen molar-refractivity contribution in [3.63, 3.8) is 0 Å². The molecule has 1 aliphatic heterocycles. The number of aliphatic carboxylic acids is 1. The average molecular weight is 229 g/mol. The molecule has 5 heteroatoms. The van der Waals surface area contributed by atoms with Crippen LogP contribution < -0.4 is 5.73 Å². The van der Waals surface area contributed by atoms with E-state index in [1.54, 1.807) is 0 Å². The third-order valence-electron chi connectivity index (χ3n) is 2.13. The molecule has 0 aromatic heterocycles. The minimum absolute atomic E-state index is 0.731. The number of unbranched alkanes of at least 4 members (excludes halogenated alkanes) is 1. The molecule has 0 radical (unpaired) electrons. The fraction of sp³-hybridized carbons (Fsp3) is 0.727. The summed E-state index contributed by atoms with van der Waals surface area (Å²) in [5.41, 5.74) is 4.84. The zero-order valence-corrected chi connectivity index (χ0v) is 10.4. The van der Waals surface area contributed by atoms with Gasteiger partial charge in [0.2, 0.25) is 0 Å². The van der Waals surface area contributed by atoms with Gasteiger partial charge in [0.25, 0.3) is 0 Å². The lowest BCUT2D eigenvalue weighted by Crippen LogP contribution is -2.25. The first-order valence-electron chi connectivity index (χ1n) is 5.58. The molecule has 1 atom stereocenters. The zero-order valence-electron chi connectivity index (χ0n) is 10.4. The van der Waals surface area contributed by atoms with Gasteiger partial charge < -0.3 is 20.6 Å². The van der Waals surface area contributed by atoms with E-state index in [9.17, 15) is 4.79 Å². The molecule has 1 aliphatic rings. The molecule has 0 spiro atoms. The summed E-state index contributed by atoms with van der Waals surface area (Å²) >= 11 is 0. The first-order valence-corrected chi connectivity index (χ1v) is 5.58. The highest BCUT2D eigenvalue weighted by molar-refractivity contribution is 5.72. The van der Waals surface area contributed by atoms with E-state index in [2.05, 4.69) is 36.2 Å². The number of hydrogen-bond donors (Lipinski definition) is 2. The van der Waals surface area contributed by atoms with Crippen molar-refractivity contribution in [3.05, 3.63) is 12.4 Å². The Morgan fingerprint density at radius 2 is 2.12 bits per heavy atom. The summed E-state index contributed by atoms with van der Waals surface area (Å²) in [6, 6.07) is -0.731. The number of nitrogens with zero attached hydrogens (tertiary/aromatic N) is 2. The number of hydrogen-bond acceptors (Lipinski definition) is 4. The lowest BCUT2D eigenvalue weighted by atomic mass is 10.3. The predicted molar refractivity (Wildman–Crippen MR) is 64.7 cm³/mol. The molecule has 0 fully saturated rings. The number of rotatable bonds is 4. The van der Waals surface area contributed by atoms with Crippen LogP contribution in [0.15, 0.2) is 12.4 Å². The van der Waals surface area contributed by atoms with Crippen molar-refractivity contribution >= 4 is 5.97 Å². The molecule has 0 saturated carbocycles. The van der Waals surface area contributed by atoms with E-state index in [0.29, 0.717) is 0 Å². The average Bonchev–Trinajstić information content (AvgIpc) is 2.62. The summed E-state index contributed by atoms with van der Waals surface area (Å²) in [6.45, 7) is 5.92. The van der Waals surface area contributed by atoms with Gasteiger partial charge >= 0.3 is 5.97 Å². The van der Waals surface area contributed by atoms with Crippen LogP contribution in [-0.4, -0.2) is 47.2 Å². The number of carboxylic acid groups (broad SMARTS) is 1. The van der Waals surface area contributed by atoms with Gasteiger partial charge in [-0.05, 0) is 13.3 Å². The second-order valence-electron chi connectivity index (χ2n) is 3.99. The Labute approximate surface area is 97.5 Å². The predicted octanol–water partition coefficient (Wildman–Crippen LogP) is 0.881. The Bertz CT molecular complexity index is 229. The molecule has 0 aromatic rings. The lowest BCUT2D eigenvalue weighted by molar-refractivity contribution is -0.138. The van der Waals surface area contributed by atoms with Gasteiger partial charge in [-0.25, -0.2) is 0 Å². The van der Waals surface area contributed by atoms with Crippen LogP contribution in [0.5, 0.6) is 0 Å². The monoisotopic (exact) mass is 229 g/mol. The van der Waals surface area contributed by atoms with Gasteiger partial charge in [-0.1, -0.05) is 13.3 Å². The fourth-order valence-corrected chi connectivity index (χ4v) is 1.10. The van der Waals surface area contributed by atoms with Gasteiger partial charge in [0.15, 0.2) is 0 Å². The van der Waals surface area contributed by atoms with Gasteiger partial charge in [0.05, 0.1) is 6.67 Å². The Balaban J connectivity index is 0.000000325. The van der Waals surface area contributed by atoms with Crippen LogP contribution in [0.4, 0.5) is 0 Å². The van der Waals surface area contributed by atoms with Crippen LogP contribution in [0.1, 0.15) is 26.7 Å². The van der Waals surface area contributed by atoms with Crippen molar-refractivity contribution < 1.29 is 9.90 Å². The molecule has 0 saturated heterocycles. The van der Waals surface area contributed by atoms with Gasteiger partial charge in [-0.2, -0.15) is 0 Å². The Morgan fingerprint density at radius 1 is 1.56 bits per heavy atom. The van der Waals surface area contributed by atoms with Crippen molar-refractivity contribution in [1.82, 2.24) is 9.80 Å². The van der Waals surface area contributed by atoms with E-state index in [-0.39, 0.29) is 0 Å². The van der Waals surface area contributed by atoms with E-state index in [1.807, 2.05) is 0 Å². The maximum atomic E-state index is 9.57. The van der Waals surface area contributed by atoms with Crippen LogP contribution >= 0.6 is 0 Å². The SMILES string of the molecule is CC(N)C(=O)O.CCCCN1C=CN(C)C1. The first kappa shape index (κ1) is 14.8. The third kappa shape index (κ3) is 7.11. The summed E-state index contributed by atoms with van der Waals surface area (Å²) < 4.78 is 0. The van der Waals surface area contributed by atoms with Gasteiger partial charge in [0, 0.05) is 26.0 Å².